The first-order valence-electron chi connectivity index (χ1n) is 8.29. The summed E-state index contributed by atoms with van der Waals surface area (Å²) >= 11 is 0. The second-order valence-corrected chi connectivity index (χ2v) is 6.98. The Morgan fingerprint density at radius 3 is 2.71 bits per heavy atom. The van der Waals surface area contributed by atoms with Crippen molar-refractivity contribution in [1.82, 2.24) is 15.1 Å². The third-order valence-corrected chi connectivity index (χ3v) is 4.45. The molecule has 1 fully saturated rings. The minimum atomic E-state index is -0.0869. The Kier molecular flexibility index (Phi) is 5.43. The summed E-state index contributed by atoms with van der Waals surface area (Å²) in [7, 11) is 0. The highest BCUT2D eigenvalue weighted by atomic mass is 16.2. The van der Waals surface area contributed by atoms with Crippen LogP contribution in [0.1, 0.15) is 57.9 Å². The smallest absolute Gasteiger partial charge is 0.226 e. The van der Waals surface area contributed by atoms with Crippen molar-refractivity contribution in [1.29, 1.82) is 0 Å². The van der Waals surface area contributed by atoms with E-state index in [1.807, 2.05) is 24.0 Å². The molecule has 1 aliphatic carbocycles. The van der Waals surface area contributed by atoms with Gasteiger partial charge in [0, 0.05) is 24.7 Å². The summed E-state index contributed by atoms with van der Waals surface area (Å²) in [5, 5.41) is 7.43. The zero-order valence-corrected chi connectivity index (χ0v) is 13.7. The van der Waals surface area contributed by atoms with E-state index in [0.29, 0.717) is 5.92 Å². The van der Waals surface area contributed by atoms with E-state index in [1.165, 1.54) is 18.4 Å². The van der Waals surface area contributed by atoms with E-state index in [1.54, 1.807) is 0 Å². The SMILES string of the molecule is Cc1cnn(CCCNC(=O)C2(CC(C)C)CCCC2)c1. The average molecular weight is 291 g/mol. The minimum absolute atomic E-state index is 0.0869. The highest BCUT2D eigenvalue weighted by molar-refractivity contribution is 5.82. The molecule has 21 heavy (non-hydrogen) atoms. The van der Waals surface area contributed by atoms with Crippen molar-refractivity contribution < 1.29 is 4.79 Å². The summed E-state index contributed by atoms with van der Waals surface area (Å²) in [5.41, 5.74) is 1.09. The van der Waals surface area contributed by atoms with Crippen LogP contribution in [0, 0.1) is 18.3 Å². The van der Waals surface area contributed by atoms with Gasteiger partial charge < -0.3 is 5.32 Å². The van der Waals surface area contributed by atoms with Crippen molar-refractivity contribution in [2.45, 2.75) is 65.8 Å². The Hall–Kier alpha value is -1.32. The first kappa shape index (κ1) is 16.1. The summed E-state index contributed by atoms with van der Waals surface area (Å²) in [4.78, 5) is 12.6. The van der Waals surface area contributed by atoms with Gasteiger partial charge in [0.15, 0.2) is 0 Å². The van der Waals surface area contributed by atoms with E-state index in [2.05, 4.69) is 24.3 Å². The summed E-state index contributed by atoms with van der Waals surface area (Å²) in [6, 6.07) is 0. The largest absolute Gasteiger partial charge is 0.356 e. The standard InChI is InChI=1S/C17H29N3O/c1-14(2)11-17(7-4-5-8-17)16(21)18-9-6-10-20-13-15(3)12-19-20/h12-14H,4-11H2,1-3H3,(H,18,21). The van der Waals surface area contributed by atoms with Gasteiger partial charge in [-0.3, -0.25) is 9.48 Å². The first-order chi connectivity index (χ1) is 10.0. The normalized spacial score (nSPS) is 17.3. The van der Waals surface area contributed by atoms with Crippen molar-refractivity contribution in [2.24, 2.45) is 11.3 Å². The van der Waals surface area contributed by atoms with E-state index in [9.17, 15) is 4.79 Å². The van der Waals surface area contributed by atoms with Gasteiger partial charge in [0.2, 0.25) is 5.91 Å². The van der Waals surface area contributed by atoms with Crippen molar-refractivity contribution >= 4 is 5.91 Å². The lowest BCUT2D eigenvalue weighted by Crippen LogP contribution is -2.40. The molecule has 118 valence electrons. The number of hydrogen-bond donors (Lipinski definition) is 1. The topological polar surface area (TPSA) is 46.9 Å². The van der Waals surface area contributed by atoms with Crippen LogP contribution in [0.2, 0.25) is 0 Å². The summed E-state index contributed by atoms with van der Waals surface area (Å²) in [6.07, 6.45) is 10.4. The highest BCUT2D eigenvalue weighted by Gasteiger charge is 2.40. The monoisotopic (exact) mass is 291 g/mol. The van der Waals surface area contributed by atoms with Crippen LogP contribution in [-0.2, 0) is 11.3 Å². The Balaban J connectivity index is 1.77. The molecular formula is C17H29N3O. The lowest BCUT2D eigenvalue weighted by Gasteiger charge is -2.29. The molecule has 4 heteroatoms. The molecule has 1 aromatic heterocycles. The number of aryl methyl sites for hydroxylation is 2. The third-order valence-electron chi connectivity index (χ3n) is 4.45. The second-order valence-electron chi connectivity index (χ2n) is 6.98. The predicted molar refractivity (Wildman–Crippen MR) is 84.9 cm³/mol. The van der Waals surface area contributed by atoms with Crippen LogP contribution in [0.15, 0.2) is 12.4 Å². The van der Waals surface area contributed by atoms with Crippen molar-refractivity contribution in [3.8, 4) is 0 Å². The fraction of sp³-hybridized carbons (Fsp3) is 0.765. The zero-order valence-electron chi connectivity index (χ0n) is 13.7. The van der Waals surface area contributed by atoms with Gasteiger partial charge in [-0.15, -0.1) is 0 Å². The highest BCUT2D eigenvalue weighted by Crippen LogP contribution is 2.43. The zero-order chi connectivity index (χ0) is 15.3. The second kappa shape index (κ2) is 7.10. The number of carbonyl (C=O) groups excluding carboxylic acids is 1. The number of carbonyl (C=O) groups is 1. The molecule has 0 radical (unpaired) electrons. The molecule has 0 spiro atoms. The van der Waals surface area contributed by atoms with Crippen LogP contribution in [0.3, 0.4) is 0 Å². The summed E-state index contributed by atoms with van der Waals surface area (Å²) in [6.45, 7) is 8.09. The molecule has 2 rings (SSSR count). The van der Waals surface area contributed by atoms with Crippen LogP contribution >= 0.6 is 0 Å². The Morgan fingerprint density at radius 2 is 2.14 bits per heavy atom. The molecule has 0 unspecified atom stereocenters. The quantitative estimate of drug-likeness (QED) is 0.783. The first-order valence-corrected chi connectivity index (χ1v) is 8.29. The fourth-order valence-electron chi connectivity index (χ4n) is 3.58. The van der Waals surface area contributed by atoms with Gasteiger partial charge in [0.05, 0.1) is 6.20 Å². The number of nitrogens with one attached hydrogen (secondary N) is 1. The molecule has 1 N–H and O–H groups in total. The Morgan fingerprint density at radius 1 is 1.43 bits per heavy atom. The van der Waals surface area contributed by atoms with E-state index in [4.69, 9.17) is 0 Å². The van der Waals surface area contributed by atoms with Crippen molar-refractivity contribution in [3.05, 3.63) is 18.0 Å². The predicted octanol–water partition coefficient (Wildman–Crippen LogP) is 3.30. The molecule has 1 amide bonds. The maximum Gasteiger partial charge on any atom is 0.226 e. The molecule has 1 saturated carbocycles. The van der Waals surface area contributed by atoms with Gasteiger partial charge in [0.1, 0.15) is 0 Å². The molecule has 0 saturated heterocycles. The maximum absolute atomic E-state index is 12.6. The van der Waals surface area contributed by atoms with Crippen LogP contribution in [-0.4, -0.2) is 22.2 Å². The third kappa shape index (κ3) is 4.32. The number of amides is 1. The number of rotatable bonds is 7. The van der Waals surface area contributed by atoms with E-state index in [-0.39, 0.29) is 11.3 Å². The van der Waals surface area contributed by atoms with Crippen LogP contribution in [0.4, 0.5) is 0 Å². The lowest BCUT2D eigenvalue weighted by molar-refractivity contribution is -0.131. The maximum atomic E-state index is 12.6. The van der Waals surface area contributed by atoms with Crippen molar-refractivity contribution in [3.63, 3.8) is 0 Å². The van der Waals surface area contributed by atoms with Gasteiger partial charge in [-0.2, -0.15) is 5.10 Å². The molecule has 0 atom stereocenters. The molecule has 1 heterocycles. The van der Waals surface area contributed by atoms with Gasteiger partial charge in [0.25, 0.3) is 0 Å². The Labute approximate surface area is 128 Å². The van der Waals surface area contributed by atoms with Crippen LogP contribution < -0.4 is 5.32 Å². The average Bonchev–Trinajstić information content (AvgIpc) is 3.04. The van der Waals surface area contributed by atoms with E-state index >= 15 is 0 Å². The molecule has 0 aromatic carbocycles. The van der Waals surface area contributed by atoms with Gasteiger partial charge >= 0.3 is 0 Å². The van der Waals surface area contributed by atoms with Gasteiger partial charge in [-0.1, -0.05) is 26.7 Å². The summed E-state index contributed by atoms with van der Waals surface area (Å²) < 4.78 is 1.95. The molecule has 0 aliphatic heterocycles. The molecule has 4 nitrogen and oxygen atoms in total. The molecule has 1 aromatic rings. The molecule has 1 aliphatic rings. The number of nitrogens with zero attached hydrogens (tertiary/aromatic N) is 2. The van der Waals surface area contributed by atoms with Crippen LogP contribution in [0.5, 0.6) is 0 Å². The molecular weight excluding hydrogens is 262 g/mol. The minimum Gasteiger partial charge on any atom is -0.356 e. The van der Waals surface area contributed by atoms with Gasteiger partial charge in [-0.05, 0) is 44.1 Å². The Bertz CT molecular complexity index is 458. The van der Waals surface area contributed by atoms with E-state index < -0.39 is 0 Å². The summed E-state index contributed by atoms with van der Waals surface area (Å²) in [5.74, 6) is 0.867. The number of hydrogen-bond acceptors (Lipinski definition) is 2. The van der Waals surface area contributed by atoms with E-state index in [0.717, 1.165) is 38.8 Å². The lowest BCUT2D eigenvalue weighted by atomic mass is 9.77. The van der Waals surface area contributed by atoms with Gasteiger partial charge in [-0.25, -0.2) is 0 Å². The van der Waals surface area contributed by atoms with Crippen molar-refractivity contribution in [2.75, 3.05) is 6.54 Å². The fourth-order valence-corrected chi connectivity index (χ4v) is 3.58. The molecule has 0 bridgehead atoms. The van der Waals surface area contributed by atoms with Crippen LogP contribution in [0.25, 0.3) is 0 Å². The number of aromatic nitrogens is 2.